The molecule has 0 fully saturated rings. The Balaban J connectivity index is 1.73. The smallest absolute Gasteiger partial charge is 0.244 e. The number of carbonyl (C=O) groups excluding carboxylic acids is 1. The lowest BCUT2D eigenvalue weighted by Gasteiger charge is -2.15. The number of hydrogen-bond donors (Lipinski definition) is 1. The summed E-state index contributed by atoms with van der Waals surface area (Å²) in [4.78, 5) is 18.4. The normalized spacial score (nSPS) is 13.6. The van der Waals surface area contributed by atoms with Crippen LogP contribution in [0.2, 0.25) is 0 Å². The molecule has 2 aromatic heterocycles. The number of rotatable bonds is 2. The van der Waals surface area contributed by atoms with Crippen molar-refractivity contribution in [1.82, 2.24) is 19.7 Å². The molecule has 0 bridgehead atoms. The zero-order valence-electron chi connectivity index (χ0n) is 11.6. The van der Waals surface area contributed by atoms with Gasteiger partial charge in [0.05, 0.1) is 5.69 Å². The lowest BCUT2D eigenvalue weighted by Crippen LogP contribution is -2.29. The summed E-state index contributed by atoms with van der Waals surface area (Å²) in [5.41, 5.74) is 9.90. The molecule has 0 spiro atoms. The molecule has 0 radical (unpaired) electrons. The second kappa shape index (κ2) is 4.63. The quantitative estimate of drug-likeness (QED) is 0.884. The van der Waals surface area contributed by atoms with Gasteiger partial charge in [0.15, 0.2) is 0 Å². The zero-order valence-corrected chi connectivity index (χ0v) is 11.6. The molecule has 3 heterocycles. The third-order valence-corrected chi connectivity index (χ3v) is 3.51. The molecule has 1 amide bonds. The molecule has 1 aliphatic heterocycles. The van der Waals surface area contributed by atoms with E-state index in [1.807, 2.05) is 31.0 Å². The molecule has 0 atom stereocenters. The molecule has 20 heavy (non-hydrogen) atoms. The van der Waals surface area contributed by atoms with Gasteiger partial charge in [-0.05, 0) is 31.0 Å². The van der Waals surface area contributed by atoms with Crippen molar-refractivity contribution >= 4 is 11.7 Å². The van der Waals surface area contributed by atoms with Gasteiger partial charge in [-0.2, -0.15) is 5.10 Å². The first kappa shape index (κ1) is 12.7. The number of pyridine rings is 1. The van der Waals surface area contributed by atoms with Gasteiger partial charge in [-0.25, -0.2) is 4.68 Å². The average Bonchev–Trinajstić information content (AvgIpc) is 2.92. The minimum Gasteiger partial charge on any atom is -0.384 e. The molecule has 104 valence electrons. The van der Waals surface area contributed by atoms with Crippen molar-refractivity contribution in [1.29, 1.82) is 0 Å². The molecule has 0 aliphatic carbocycles. The third kappa shape index (κ3) is 2.24. The number of nitrogen functional groups attached to an aromatic ring is 1. The van der Waals surface area contributed by atoms with Crippen molar-refractivity contribution in [3.05, 3.63) is 40.8 Å². The second-order valence-electron chi connectivity index (χ2n) is 5.21. The van der Waals surface area contributed by atoms with E-state index in [-0.39, 0.29) is 12.5 Å². The van der Waals surface area contributed by atoms with E-state index in [4.69, 9.17) is 5.73 Å². The van der Waals surface area contributed by atoms with E-state index < -0.39 is 0 Å². The highest BCUT2D eigenvalue weighted by atomic mass is 16.2. The minimum absolute atomic E-state index is 0.0219. The van der Waals surface area contributed by atoms with Crippen molar-refractivity contribution in [2.45, 2.75) is 33.5 Å². The van der Waals surface area contributed by atoms with Crippen LogP contribution in [0.5, 0.6) is 0 Å². The first-order chi connectivity index (χ1) is 9.52. The van der Waals surface area contributed by atoms with Crippen LogP contribution in [0.1, 0.15) is 22.5 Å². The van der Waals surface area contributed by atoms with Crippen LogP contribution in [0.4, 0.5) is 5.82 Å². The third-order valence-electron chi connectivity index (χ3n) is 3.51. The van der Waals surface area contributed by atoms with Crippen molar-refractivity contribution in [3.63, 3.8) is 0 Å². The molecule has 2 N–H and O–H groups in total. The highest BCUT2D eigenvalue weighted by molar-refractivity contribution is 5.77. The molecule has 0 saturated carbocycles. The predicted octanol–water partition coefficient (Wildman–Crippen LogP) is 1.02. The number of aromatic nitrogens is 3. The summed E-state index contributed by atoms with van der Waals surface area (Å²) in [6, 6.07) is 3.80. The lowest BCUT2D eigenvalue weighted by atomic mass is 10.2. The van der Waals surface area contributed by atoms with Crippen LogP contribution in [0.3, 0.4) is 0 Å². The highest BCUT2D eigenvalue weighted by Gasteiger charge is 2.24. The van der Waals surface area contributed by atoms with Crippen LogP contribution in [-0.4, -0.2) is 25.6 Å². The fourth-order valence-electron chi connectivity index (χ4n) is 2.50. The largest absolute Gasteiger partial charge is 0.384 e. The maximum atomic E-state index is 12.3. The number of fused-ring (bicyclic) bond motifs is 1. The van der Waals surface area contributed by atoms with Crippen LogP contribution < -0.4 is 5.73 Å². The van der Waals surface area contributed by atoms with Crippen LogP contribution >= 0.6 is 0 Å². The molecule has 6 nitrogen and oxygen atoms in total. The molecule has 3 rings (SSSR count). The van der Waals surface area contributed by atoms with Gasteiger partial charge >= 0.3 is 0 Å². The average molecular weight is 271 g/mol. The van der Waals surface area contributed by atoms with E-state index in [9.17, 15) is 4.79 Å². The number of hydrogen-bond acceptors (Lipinski definition) is 4. The van der Waals surface area contributed by atoms with Crippen molar-refractivity contribution in [2.24, 2.45) is 0 Å². The van der Waals surface area contributed by atoms with Crippen molar-refractivity contribution in [3.8, 4) is 0 Å². The number of nitrogens with two attached hydrogens (primary N) is 1. The molecule has 0 saturated heterocycles. The summed E-state index contributed by atoms with van der Waals surface area (Å²) in [6.45, 7) is 5.24. The van der Waals surface area contributed by atoms with Crippen LogP contribution in [0.25, 0.3) is 0 Å². The van der Waals surface area contributed by atoms with Gasteiger partial charge in [-0.15, -0.1) is 0 Å². The molecule has 0 aromatic carbocycles. The highest BCUT2D eigenvalue weighted by Crippen LogP contribution is 2.22. The fourth-order valence-corrected chi connectivity index (χ4v) is 2.50. The van der Waals surface area contributed by atoms with E-state index in [1.54, 1.807) is 10.7 Å². The number of carbonyl (C=O) groups is 1. The molecule has 0 unspecified atom stereocenters. The fraction of sp³-hybridized carbons (Fsp3) is 0.357. The molecular weight excluding hydrogens is 254 g/mol. The summed E-state index contributed by atoms with van der Waals surface area (Å²) in [5.74, 6) is 0.540. The van der Waals surface area contributed by atoms with Gasteiger partial charge in [0.25, 0.3) is 0 Å². The summed E-state index contributed by atoms with van der Waals surface area (Å²) in [7, 11) is 0. The Bertz CT molecular complexity index is 676. The van der Waals surface area contributed by atoms with Crippen molar-refractivity contribution < 1.29 is 4.79 Å². The topological polar surface area (TPSA) is 77.0 Å². The molecule has 1 aliphatic rings. The summed E-state index contributed by atoms with van der Waals surface area (Å²) >= 11 is 0. The monoisotopic (exact) mass is 271 g/mol. The SMILES string of the molecule is Cc1cc2c(cn1)CN(C(=O)Cn1nc(C)cc1N)C2. The number of aryl methyl sites for hydroxylation is 2. The lowest BCUT2D eigenvalue weighted by molar-refractivity contribution is -0.132. The molecule has 6 heteroatoms. The zero-order chi connectivity index (χ0) is 14.3. The Kier molecular flexibility index (Phi) is 2.93. The maximum absolute atomic E-state index is 12.3. The second-order valence-corrected chi connectivity index (χ2v) is 5.21. The van der Waals surface area contributed by atoms with E-state index in [1.165, 1.54) is 5.56 Å². The first-order valence-electron chi connectivity index (χ1n) is 6.55. The summed E-state index contributed by atoms with van der Waals surface area (Å²) in [5, 5.41) is 4.22. The van der Waals surface area contributed by atoms with Gasteiger partial charge < -0.3 is 10.6 Å². The standard InChI is InChI=1S/C14H17N5O/c1-9-3-11-6-18(7-12(11)5-16-9)14(20)8-19-13(15)4-10(2)17-19/h3-5H,6-8,15H2,1-2H3. The van der Waals surface area contributed by atoms with Crippen LogP contribution in [0.15, 0.2) is 18.3 Å². The maximum Gasteiger partial charge on any atom is 0.244 e. The Morgan fingerprint density at radius 1 is 1.25 bits per heavy atom. The molecular formula is C14H17N5O. The first-order valence-corrected chi connectivity index (χ1v) is 6.55. The van der Waals surface area contributed by atoms with Gasteiger partial charge in [0, 0.05) is 31.0 Å². The van der Waals surface area contributed by atoms with Gasteiger partial charge in [0.2, 0.25) is 5.91 Å². The van der Waals surface area contributed by atoms with Gasteiger partial charge in [-0.3, -0.25) is 9.78 Å². The van der Waals surface area contributed by atoms with Gasteiger partial charge in [0.1, 0.15) is 12.4 Å². The van der Waals surface area contributed by atoms with Gasteiger partial charge in [-0.1, -0.05) is 0 Å². The number of anilines is 1. The van der Waals surface area contributed by atoms with E-state index >= 15 is 0 Å². The molecule has 2 aromatic rings. The van der Waals surface area contributed by atoms with Crippen molar-refractivity contribution in [2.75, 3.05) is 5.73 Å². The Labute approximate surface area is 117 Å². The Morgan fingerprint density at radius 3 is 2.70 bits per heavy atom. The minimum atomic E-state index is 0.0219. The van der Waals surface area contributed by atoms with E-state index in [0.717, 1.165) is 17.0 Å². The Morgan fingerprint density at radius 2 is 2.00 bits per heavy atom. The Hall–Kier alpha value is -2.37. The van der Waals surface area contributed by atoms with E-state index in [0.29, 0.717) is 18.9 Å². The predicted molar refractivity (Wildman–Crippen MR) is 74.6 cm³/mol. The number of amides is 1. The van der Waals surface area contributed by atoms with Crippen LogP contribution in [-0.2, 0) is 24.4 Å². The summed E-state index contributed by atoms with van der Waals surface area (Å²) < 4.78 is 1.55. The van der Waals surface area contributed by atoms with E-state index in [2.05, 4.69) is 10.1 Å². The van der Waals surface area contributed by atoms with Crippen LogP contribution in [0, 0.1) is 13.8 Å². The number of nitrogens with zero attached hydrogens (tertiary/aromatic N) is 4. The summed E-state index contributed by atoms with van der Waals surface area (Å²) in [6.07, 6.45) is 1.85.